The van der Waals surface area contributed by atoms with Gasteiger partial charge in [0.15, 0.2) is 0 Å². The summed E-state index contributed by atoms with van der Waals surface area (Å²) in [7, 11) is -5.60. The molecular weight excluding hydrogens is 561 g/mol. The van der Waals surface area contributed by atoms with Gasteiger partial charge in [-0.3, -0.25) is 14.5 Å². The summed E-state index contributed by atoms with van der Waals surface area (Å²) in [6, 6.07) is 11.7. The monoisotopic (exact) mass is 578 g/mol. The molecule has 0 bridgehead atoms. The van der Waals surface area contributed by atoms with Gasteiger partial charge >= 0.3 is 11.5 Å². The summed E-state index contributed by atoms with van der Waals surface area (Å²) in [6.07, 6.45) is 1.67. The Morgan fingerprint density at radius 2 is 1.74 bits per heavy atom. The number of carbonyl (C=O) groups is 3. The molecule has 1 saturated heterocycles. The number of benzene rings is 2. The van der Waals surface area contributed by atoms with Gasteiger partial charge in [-0.15, -0.1) is 0 Å². The van der Waals surface area contributed by atoms with Gasteiger partial charge < -0.3 is 5.32 Å². The summed E-state index contributed by atoms with van der Waals surface area (Å²) in [5.74, 6) is -1.26. The highest BCUT2D eigenvalue weighted by Gasteiger charge is 2.70. The Bertz CT molecular complexity index is 1630. The minimum Gasteiger partial charge on any atom is -0.307 e. The van der Waals surface area contributed by atoms with Gasteiger partial charge in [-0.2, -0.15) is 13.2 Å². The van der Waals surface area contributed by atoms with E-state index in [1.54, 1.807) is 25.1 Å². The van der Waals surface area contributed by atoms with E-state index in [0.29, 0.717) is 23.6 Å². The van der Waals surface area contributed by atoms with Gasteiger partial charge in [-0.25, -0.2) is 23.1 Å². The summed E-state index contributed by atoms with van der Waals surface area (Å²) in [5, 5.41) is 2.98. The Morgan fingerprint density at radius 1 is 1.08 bits per heavy atom. The van der Waals surface area contributed by atoms with Crippen molar-refractivity contribution in [1.29, 1.82) is 0 Å². The minimum atomic E-state index is -5.60. The molecule has 1 N–H and O–H groups in total. The second-order valence-corrected chi connectivity index (χ2v) is 11.5. The van der Waals surface area contributed by atoms with Crippen LogP contribution < -0.4 is 15.1 Å². The number of carbonyl (C=O) groups excluding carboxylic acids is 3. The van der Waals surface area contributed by atoms with E-state index in [4.69, 9.17) is 11.6 Å². The first kappa shape index (κ1) is 26.6. The normalized spacial score (nSPS) is 21.0. The van der Waals surface area contributed by atoms with Crippen LogP contribution in [0.5, 0.6) is 0 Å². The Kier molecular flexibility index (Phi) is 6.18. The third-order valence-electron chi connectivity index (χ3n) is 6.67. The van der Waals surface area contributed by atoms with Crippen LogP contribution in [0.1, 0.15) is 23.7 Å². The fourth-order valence-corrected chi connectivity index (χ4v) is 5.54. The quantitative estimate of drug-likeness (QED) is 0.424. The molecule has 1 saturated carbocycles. The number of alkyl halides is 3. The van der Waals surface area contributed by atoms with Crippen LogP contribution >= 0.6 is 11.6 Å². The van der Waals surface area contributed by atoms with Crippen LogP contribution in [0.15, 0.2) is 71.8 Å². The first-order chi connectivity index (χ1) is 18.3. The molecule has 1 spiro atoms. The smallest absolute Gasteiger partial charge is 0.307 e. The lowest BCUT2D eigenvalue weighted by Gasteiger charge is -2.22. The number of imide groups is 1. The zero-order chi connectivity index (χ0) is 28.3. The molecule has 39 heavy (non-hydrogen) atoms. The molecule has 4 amide bonds. The summed E-state index contributed by atoms with van der Waals surface area (Å²) in [6.45, 7) is 1.77. The van der Waals surface area contributed by atoms with Crippen molar-refractivity contribution in [2.45, 2.75) is 29.3 Å². The fourth-order valence-electron chi connectivity index (χ4n) is 4.59. The number of halogens is 4. The van der Waals surface area contributed by atoms with Crippen molar-refractivity contribution in [2.24, 2.45) is 5.92 Å². The topological polar surface area (TPSA) is 117 Å². The van der Waals surface area contributed by atoms with Gasteiger partial charge in [0.25, 0.3) is 21.7 Å². The van der Waals surface area contributed by atoms with Crippen molar-refractivity contribution >= 4 is 56.5 Å². The SMILES string of the molecule is CC1CC12C(=O)N(c1ccc(S(=O)(=O)C(F)(F)F)cc1)C(=O)N2c1ccnc(NC(=O)c2cccc(Cl)c2)c1. The number of nitrogens with zero attached hydrogens (tertiary/aromatic N) is 3. The van der Waals surface area contributed by atoms with E-state index in [-0.39, 0.29) is 28.7 Å². The van der Waals surface area contributed by atoms with E-state index in [9.17, 15) is 36.0 Å². The predicted octanol–water partition coefficient (Wildman–Crippen LogP) is 5.03. The summed E-state index contributed by atoms with van der Waals surface area (Å²) >= 11 is 5.94. The molecule has 202 valence electrons. The number of sulfone groups is 1. The molecule has 5 rings (SSSR count). The van der Waals surface area contributed by atoms with Crippen molar-refractivity contribution in [3.05, 3.63) is 77.4 Å². The Labute approximate surface area is 225 Å². The highest BCUT2D eigenvalue weighted by molar-refractivity contribution is 7.92. The molecule has 2 unspecified atom stereocenters. The lowest BCUT2D eigenvalue weighted by atomic mass is 10.1. The molecule has 2 atom stereocenters. The molecule has 2 aromatic carbocycles. The first-order valence-corrected chi connectivity index (χ1v) is 13.3. The third kappa shape index (κ3) is 4.31. The zero-order valence-electron chi connectivity index (χ0n) is 19.9. The third-order valence-corrected chi connectivity index (χ3v) is 8.40. The Hall–Kier alpha value is -3.97. The highest BCUT2D eigenvalue weighted by Crippen LogP contribution is 2.55. The summed E-state index contributed by atoms with van der Waals surface area (Å²) < 4.78 is 62.1. The second-order valence-electron chi connectivity index (χ2n) is 9.09. The number of aromatic nitrogens is 1. The molecule has 9 nitrogen and oxygen atoms in total. The van der Waals surface area contributed by atoms with E-state index < -0.39 is 43.6 Å². The zero-order valence-corrected chi connectivity index (χ0v) is 21.5. The van der Waals surface area contributed by atoms with Gasteiger partial charge in [0, 0.05) is 22.8 Å². The molecule has 2 heterocycles. The minimum absolute atomic E-state index is 0.0874. The molecule has 0 radical (unpaired) electrons. The molecule has 1 aromatic heterocycles. The number of nitrogens with one attached hydrogen (secondary N) is 1. The number of pyridine rings is 1. The standard InChI is InChI=1S/C25H18ClF3N4O5S/c1-14-13-24(14)22(35)32(17-5-7-19(8-6-17)39(37,38)25(27,28)29)23(36)33(24)18-9-10-30-20(12-18)31-21(34)15-3-2-4-16(26)11-15/h2-12,14H,13H2,1H3,(H,30,31,34). The van der Waals surface area contributed by atoms with Crippen LogP contribution in [-0.2, 0) is 14.6 Å². The molecular formula is C25H18ClF3N4O5S. The predicted molar refractivity (Wildman–Crippen MR) is 135 cm³/mol. The van der Waals surface area contributed by atoms with Crippen molar-refractivity contribution in [2.75, 3.05) is 15.1 Å². The van der Waals surface area contributed by atoms with Crippen molar-refractivity contribution in [3.63, 3.8) is 0 Å². The van der Waals surface area contributed by atoms with Crippen LogP contribution in [0.4, 0.5) is 35.2 Å². The van der Waals surface area contributed by atoms with Crippen LogP contribution in [0, 0.1) is 5.92 Å². The maximum Gasteiger partial charge on any atom is 0.501 e. The van der Waals surface area contributed by atoms with E-state index in [1.807, 2.05) is 0 Å². The van der Waals surface area contributed by atoms with Crippen LogP contribution in [0.25, 0.3) is 0 Å². The molecule has 14 heteroatoms. The van der Waals surface area contributed by atoms with Gasteiger partial charge in [0.1, 0.15) is 11.4 Å². The lowest BCUT2D eigenvalue weighted by molar-refractivity contribution is -0.119. The van der Waals surface area contributed by atoms with E-state index >= 15 is 0 Å². The number of anilines is 3. The number of urea groups is 1. The molecule has 2 aliphatic rings. The molecule has 3 aromatic rings. The largest absolute Gasteiger partial charge is 0.501 e. The maximum atomic E-state index is 13.6. The summed E-state index contributed by atoms with van der Waals surface area (Å²) in [5.41, 5.74) is -6.30. The molecule has 1 aliphatic heterocycles. The number of rotatable bonds is 5. The van der Waals surface area contributed by atoms with Crippen molar-refractivity contribution in [1.82, 2.24) is 4.98 Å². The van der Waals surface area contributed by atoms with E-state index in [2.05, 4.69) is 10.3 Å². The van der Waals surface area contributed by atoms with Gasteiger partial charge in [0.2, 0.25) is 0 Å². The van der Waals surface area contributed by atoms with Crippen LogP contribution in [-0.4, -0.2) is 42.3 Å². The van der Waals surface area contributed by atoms with Crippen molar-refractivity contribution < 1.29 is 36.0 Å². The van der Waals surface area contributed by atoms with Crippen LogP contribution in [0.3, 0.4) is 0 Å². The van der Waals surface area contributed by atoms with E-state index in [1.165, 1.54) is 29.3 Å². The highest BCUT2D eigenvalue weighted by atomic mass is 35.5. The number of amides is 4. The van der Waals surface area contributed by atoms with Gasteiger partial charge in [-0.05, 0) is 60.9 Å². The van der Waals surface area contributed by atoms with Gasteiger partial charge in [-0.1, -0.05) is 24.6 Å². The molecule has 2 fully saturated rings. The Morgan fingerprint density at radius 3 is 2.33 bits per heavy atom. The first-order valence-electron chi connectivity index (χ1n) is 11.4. The van der Waals surface area contributed by atoms with Crippen LogP contribution in [0.2, 0.25) is 5.02 Å². The lowest BCUT2D eigenvalue weighted by Crippen LogP contribution is -2.39. The maximum absolute atomic E-state index is 13.6. The van der Waals surface area contributed by atoms with E-state index in [0.717, 1.165) is 17.0 Å². The summed E-state index contributed by atoms with van der Waals surface area (Å²) in [4.78, 5) is 44.8. The Balaban J connectivity index is 1.45. The number of hydrogen-bond donors (Lipinski definition) is 1. The average Bonchev–Trinajstić information content (AvgIpc) is 3.49. The average molecular weight is 579 g/mol. The van der Waals surface area contributed by atoms with Gasteiger partial charge in [0.05, 0.1) is 16.3 Å². The van der Waals surface area contributed by atoms with Crippen molar-refractivity contribution in [3.8, 4) is 0 Å². The number of hydrogen-bond acceptors (Lipinski definition) is 6. The second kappa shape index (κ2) is 9.06. The molecule has 1 aliphatic carbocycles. The fraction of sp³-hybridized carbons (Fsp3) is 0.200.